The van der Waals surface area contributed by atoms with Crippen molar-refractivity contribution < 1.29 is 27.7 Å². The molecular weight excluding hydrogens is 324 g/mol. The fourth-order valence-electron chi connectivity index (χ4n) is 1.82. The molecule has 5 N–H and O–H groups in total. The minimum atomic E-state index is -4.79. The van der Waals surface area contributed by atoms with E-state index in [0.717, 1.165) is 18.2 Å². The highest BCUT2D eigenvalue weighted by Crippen LogP contribution is 2.19. The van der Waals surface area contributed by atoms with Gasteiger partial charge in [-0.1, -0.05) is 0 Å². The predicted octanol–water partition coefficient (Wildman–Crippen LogP) is 1.47. The Labute approximate surface area is 131 Å². The number of rotatable bonds is 4. The number of carbonyl (C=O) groups excluding carboxylic acids is 1. The van der Waals surface area contributed by atoms with Gasteiger partial charge in [-0.2, -0.15) is 8.42 Å². The molecule has 0 aromatic heterocycles. The van der Waals surface area contributed by atoms with Gasteiger partial charge in [0.2, 0.25) is 0 Å². The molecule has 0 unspecified atom stereocenters. The number of carbonyl (C=O) groups is 2. The van der Waals surface area contributed by atoms with Crippen molar-refractivity contribution in [1.82, 2.24) is 0 Å². The molecule has 0 heterocycles. The Hall–Kier alpha value is -2.91. The van der Waals surface area contributed by atoms with E-state index in [4.69, 9.17) is 15.4 Å². The fourth-order valence-corrected chi connectivity index (χ4v) is 2.53. The molecule has 2 aromatic rings. The molecule has 0 aliphatic rings. The quantitative estimate of drug-likeness (QED) is 0.488. The molecule has 2 aromatic carbocycles. The van der Waals surface area contributed by atoms with E-state index in [0.29, 0.717) is 11.4 Å². The zero-order chi connectivity index (χ0) is 17.2. The monoisotopic (exact) mass is 336 g/mol. The Kier molecular flexibility index (Phi) is 4.34. The minimum absolute atomic E-state index is 0.126. The van der Waals surface area contributed by atoms with Crippen LogP contribution in [0.5, 0.6) is 0 Å². The smallest absolute Gasteiger partial charge is 0.337 e. The average molecular weight is 336 g/mol. The zero-order valence-corrected chi connectivity index (χ0v) is 12.4. The summed E-state index contributed by atoms with van der Waals surface area (Å²) < 4.78 is 31.7. The third kappa shape index (κ3) is 3.84. The third-order valence-electron chi connectivity index (χ3n) is 2.92. The molecule has 0 bridgehead atoms. The first-order valence-electron chi connectivity index (χ1n) is 6.20. The molecule has 0 radical (unpaired) electrons. The van der Waals surface area contributed by atoms with Crippen LogP contribution in [0, 0.1) is 0 Å². The molecule has 120 valence electrons. The zero-order valence-electron chi connectivity index (χ0n) is 11.6. The summed E-state index contributed by atoms with van der Waals surface area (Å²) in [7, 11) is -4.79. The maximum absolute atomic E-state index is 12.1. The Morgan fingerprint density at radius 2 is 1.65 bits per heavy atom. The molecule has 8 nitrogen and oxygen atoms in total. The van der Waals surface area contributed by atoms with Gasteiger partial charge < -0.3 is 16.2 Å². The minimum Gasteiger partial charge on any atom is -0.478 e. The molecule has 9 heteroatoms. The van der Waals surface area contributed by atoms with Crippen LogP contribution in [0.4, 0.5) is 11.4 Å². The highest BCUT2D eigenvalue weighted by atomic mass is 32.2. The number of anilines is 2. The van der Waals surface area contributed by atoms with Gasteiger partial charge in [-0.25, -0.2) is 4.79 Å². The normalized spacial score (nSPS) is 11.0. The van der Waals surface area contributed by atoms with Gasteiger partial charge in [0, 0.05) is 16.9 Å². The van der Waals surface area contributed by atoms with Crippen molar-refractivity contribution in [1.29, 1.82) is 0 Å². The number of benzene rings is 2. The average Bonchev–Trinajstić information content (AvgIpc) is 2.48. The number of amides is 1. The van der Waals surface area contributed by atoms with Crippen molar-refractivity contribution in [2.75, 3.05) is 11.1 Å². The van der Waals surface area contributed by atoms with Gasteiger partial charge in [-0.3, -0.25) is 9.35 Å². The maximum atomic E-state index is 12.1. The standard InChI is InChI=1S/C14H12N2O6S/c15-9-2-4-10(5-3-9)16-13(17)8-1-6-11(14(18)19)12(7-8)23(20,21)22/h1-7H,15H2,(H,16,17)(H,18,19)(H,20,21,22). The maximum Gasteiger partial charge on any atom is 0.337 e. The number of nitrogen functional groups attached to an aromatic ring is 1. The summed E-state index contributed by atoms with van der Waals surface area (Å²) >= 11 is 0. The lowest BCUT2D eigenvalue weighted by atomic mass is 10.1. The van der Waals surface area contributed by atoms with Crippen LogP contribution in [-0.4, -0.2) is 30.0 Å². The molecule has 0 aliphatic heterocycles. The number of hydrogen-bond donors (Lipinski definition) is 4. The van der Waals surface area contributed by atoms with Crippen LogP contribution in [0.1, 0.15) is 20.7 Å². The van der Waals surface area contributed by atoms with Crippen LogP contribution in [0.3, 0.4) is 0 Å². The Bertz CT molecular complexity index is 875. The first-order chi connectivity index (χ1) is 10.7. The summed E-state index contributed by atoms with van der Waals surface area (Å²) in [4.78, 5) is 22.2. The number of carboxylic acids is 1. The summed E-state index contributed by atoms with van der Waals surface area (Å²) in [6.07, 6.45) is 0. The Morgan fingerprint density at radius 3 is 2.17 bits per heavy atom. The number of aromatic carboxylic acids is 1. The largest absolute Gasteiger partial charge is 0.478 e. The van der Waals surface area contributed by atoms with Crippen molar-refractivity contribution >= 4 is 33.4 Å². The van der Waals surface area contributed by atoms with Crippen LogP contribution in [0.25, 0.3) is 0 Å². The summed E-state index contributed by atoms with van der Waals surface area (Å²) in [6, 6.07) is 9.09. The van der Waals surface area contributed by atoms with Gasteiger partial charge in [0.1, 0.15) is 4.90 Å². The highest BCUT2D eigenvalue weighted by Gasteiger charge is 2.22. The lowest BCUT2D eigenvalue weighted by molar-refractivity contribution is 0.0691. The van der Waals surface area contributed by atoms with Crippen molar-refractivity contribution in [3.8, 4) is 0 Å². The first-order valence-corrected chi connectivity index (χ1v) is 7.64. The van der Waals surface area contributed by atoms with Crippen molar-refractivity contribution in [2.24, 2.45) is 0 Å². The summed E-state index contributed by atoms with van der Waals surface area (Å²) in [6.45, 7) is 0. The van der Waals surface area contributed by atoms with Gasteiger partial charge in [0.15, 0.2) is 0 Å². The van der Waals surface area contributed by atoms with Crippen molar-refractivity contribution in [2.45, 2.75) is 4.90 Å². The lowest BCUT2D eigenvalue weighted by Gasteiger charge is -2.08. The Balaban J connectivity index is 2.38. The van der Waals surface area contributed by atoms with Crippen molar-refractivity contribution in [3.63, 3.8) is 0 Å². The molecular formula is C14H12N2O6S. The fraction of sp³-hybridized carbons (Fsp3) is 0. The van der Waals surface area contributed by atoms with E-state index in [-0.39, 0.29) is 5.56 Å². The van der Waals surface area contributed by atoms with E-state index < -0.39 is 32.5 Å². The number of hydrogen-bond acceptors (Lipinski definition) is 5. The molecule has 0 spiro atoms. The van der Waals surface area contributed by atoms with E-state index >= 15 is 0 Å². The summed E-state index contributed by atoms with van der Waals surface area (Å²) in [5.41, 5.74) is 5.68. The molecule has 23 heavy (non-hydrogen) atoms. The second-order valence-corrected chi connectivity index (χ2v) is 5.96. The lowest BCUT2D eigenvalue weighted by Crippen LogP contribution is -2.15. The van der Waals surface area contributed by atoms with E-state index in [9.17, 15) is 18.0 Å². The number of nitrogens with one attached hydrogen (secondary N) is 1. The molecule has 2 rings (SSSR count). The van der Waals surface area contributed by atoms with E-state index in [2.05, 4.69) is 5.32 Å². The molecule has 0 fully saturated rings. The number of nitrogens with two attached hydrogens (primary N) is 1. The first kappa shape index (κ1) is 16.5. The van der Waals surface area contributed by atoms with Gasteiger partial charge in [-0.15, -0.1) is 0 Å². The van der Waals surface area contributed by atoms with Gasteiger partial charge in [-0.05, 0) is 42.5 Å². The molecule has 0 aliphatic carbocycles. The van der Waals surface area contributed by atoms with Gasteiger partial charge in [0.25, 0.3) is 16.0 Å². The SMILES string of the molecule is Nc1ccc(NC(=O)c2ccc(C(=O)O)c(S(=O)(=O)O)c2)cc1. The highest BCUT2D eigenvalue weighted by molar-refractivity contribution is 7.86. The number of carboxylic acid groups (broad SMARTS) is 1. The van der Waals surface area contributed by atoms with Crippen LogP contribution in [0.2, 0.25) is 0 Å². The van der Waals surface area contributed by atoms with Crippen molar-refractivity contribution in [3.05, 3.63) is 53.6 Å². The second-order valence-electron chi connectivity index (χ2n) is 4.57. The van der Waals surface area contributed by atoms with Crippen LogP contribution in [-0.2, 0) is 10.1 Å². The molecule has 1 amide bonds. The third-order valence-corrected chi connectivity index (χ3v) is 3.81. The van der Waals surface area contributed by atoms with E-state index in [1.807, 2.05) is 0 Å². The van der Waals surface area contributed by atoms with Gasteiger partial charge >= 0.3 is 5.97 Å². The van der Waals surface area contributed by atoms with Gasteiger partial charge in [0.05, 0.1) is 5.56 Å². The summed E-state index contributed by atoms with van der Waals surface area (Å²) in [5.74, 6) is -2.21. The van der Waals surface area contributed by atoms with Crippen LogP contribution in [0.15, 0.2) is 47.4 Å². The Morgan fingerprint density at radius 1 is 1.04 bits per heavy atom. The van der Waals surface area contributed by atoms with E-state index in [1.165, 1.54) is 0 Å². The van der Waals surface area contributed by atoms with E-state index in [1.54, 1.807) is 24.3 Å². The topological polar surface area (TPSA) is 147 Å². The second kappa shape index (κ2) is 6.07. The molecule has 0 saturated carbocycles. The molecule has 0 atom stereocenters. The molecule has 0 saturated heterocycles. The predicted molar refractivity (Wildman–Crippen MR) is 82.0 cm³/mol. The summed E-state index contributed by atoms with van der Waals surface area (Å²) in [5, 5.41) is 11.4. The van der Waals surface area contributed by atoms with Crippen LogP contribution < -0.4 is 11.1 Å². The van der Waals surface area contributed by atoms with Crippen LogP contribution >= 0.6 is 0 Å².